The molecule has 0 spiro atoms. The molecule has 3 rings (SSSR count). The number of imidazole rings is 1. The molecule has 0 aliphatic heterocycles. The Balaban J connectivity index is 1.50. The largest absolute Gasteiger partial charge is 0.497 e. The van der Waals surface area contributed by atoms with Crippen LogP contribution in [0.2, 0.25) is 0 Å². The van der Waals surface area contributed by atoms with E-state index in [1.54, 1.807) is 7.11 Å². The van der Waals surface area contributed by atoms with E-state index in [-0.39, 0.29) is 5.91 Å². The van der Waals surface area contributed by atoms with Crippen LogP contribution in [0.4, 0.5) is 0 Å². The number of nitrogens with one attached hydrogen (secondary N) is 2. The lowest BCUT2D eigenvalue weighted by Crippen LogP contribution is -2.24. The summed E-state index contributed by atoms with van der Waals surface area (Å²) < 4.78 is 5.16. The van der Waals surface area contributed by atoms with Crippen molar-refractivity contribution < 1.29 is 9.53 Å². The number of ether oxygens (including phenoxy) is 1. The van der Waals surface area contributed by atoms with Crippen LogP contribution in [0, 0.1) is 13.8 Å². The SMILES string of the molecule is COc1ccc(CCCNC(=O)c2ccc(-c3nc(C)[nH]c3C)cc2)cc1. The van der Waals surface area contributed by atoms with Crippen molar-refractivity contribution in [1.29, 1.82) is 0 Å². The van der Waals surface area contributed by atoms with E-state index < -0.39 is 0 Å². The van der Waals surface area contributed by atoms with Crippen molar-refractivity contribution in [2.45, 2.75) is 26.7 Å². The van der Waals surface area contributed by atoms with Gasteiger partial charge in [0.1, 0.15) is 11.6 Å². The Morgan fingerprint density at radius 2 is 1.78 bits per heavy atom. The monoisotopic (exact) mass is 363 g/mol. The summed E-state index contributed by atoms with van der Waals surface area (Å²) in [5.41, 5.74) is 4.86. The fraction of sp³-hybridized carbons (Fsp3) is 0.273. The number of carbonyl (C=O) groups excluding carboxylic acids is 1. The molecule has 1 heterocycles. The minimum Gasteiger partial charge on any atom is -0.497 e. The van der Waals surface area contributed by atoms with Gasteiger partial charge in [-0.2, -0.15) is 0 Å². The van der Waals surface area contributed by atoms with Gasteiger partial charge in [0.05, 0.1) is 12.8 Å². The highest BCUT2D eigenvalue weighted by molar-refractivity contribution is 5.94. The standard InChI is InChI=1S/C22H25N3O2/c1-15-21(25-16(2)24-15)18-8-10-19(11-9-18)22(26)23-14-4-5-17-6-12-20(27-3)13-7-17/h6-13H,4-5,14H2,1-3H3,(H,23,26)(H,24,25). The fourth-order valence-corrected chi connectivity index (χ4v) is 3.06. The predicted octanol–water partition coefficient (Wildman–Crippen LogP) is 4.06. The zero-order valence-electron chi connectivity index (χ0n) is 16.0. The number of aromatic nitrogens is 2. The third-order valence-corrected chi connectivity index (χ3v) is 4.51. The van der Waals surface area contributed by atoms with Crippen molar-refractivity contribution in [3.05, 3.63) is 71.2 Å². The van der Waals surface area contributed by atoms with Crippen LogP contribution in [0.5, 0.6) is 5.75 Å². The first-order valence-corrected chi connectivity index (χ1v) is 9.11. The Labute approximate surface area is 159 Å². The normalized spacial score (nSPS) is 10.6. The number of rotatable bonds is 7. The zero-order valence-corrected chi connectivity index (χ0v) is 16.0. The van der Waals surface area contributed by atoms with Gasteiger partial charge in [0.15, 0.2) is 0 Å². The maximum Gasteiger partial charge on any atom is 0.251 e. The number of aromatic amines is 1. The van der Waals surface area contributed by atoms with Gasteiger partial charge in [0.25, 0.3) is 5.91 Å². The molecule has 2 aromatic carbocycles. The summed E-state index contributed by atoms with van der Waals surface area (Å²) in [6, 6.07) is 15.6. The molecule has 0 aliphatic carbocycles. The van der Waals surface area contributed by atoms with E-state index in [4.69, 9.17) is 4.74 Å². The van der Waals surface area contributed by atoms with Crippen molar-refractivity contribution in [3.8, 4) is 17.0 Å². The van der Waals surface area contributed by atoms with E-state index in [0.717, 1.165) is 41.4 Å². The first kappa shape index (κ1) is 18.7. The molecule has 3 aromatic rings. The van der Waals surface area contributed by atoms with Gasteiger partial charge in [-0.25, -0.2) is 4.98 Å². The van der Waals surface area contributed by atoms with Crippen LogP contribution in [0.3, 0.4) is 0 Å². The Kier molecular flexibility index (Phi) is 5.91. The highest BCUT2D eigenvalue weighted by Gasteiger charge is 2.09. The molecule has 0 bridgehead atoms. The van der Waals surface area contributed by atoms with Crippen LogP contribution in [-0.2, 0) is 6.42 Å². The fourth-order valence-electron chi connectivity index (χ4n) is 3.06. The predicted molar refractivity (Wildman–Crippen MR) is 107 cm³/mol. The minimum atomic E-state index is -0.0498. The molecule has 1 amide bonds. The Morgan fingerprint density at radius 3 is 2.37 bits per heavy atom. The number of aryl methyl sites for hydroxylation is 3. The number of hydrogen-bond donors (Lipinski definition) is 2. The highest BCUT2D eigenvalue weighted by Crippen LogP contribution is 2.21. The second-order valence-corrected chi connectivity index (χ2v) is 6.58. The average molecular weight is 363 g/mol. The molecule has 2 N–H and O–H groups in total. The lowest BCUT2D eigenvalue weighted by Gasteiger charge is -2.07. The number of methoxy groups -OCH3 is 1. The summed E-state index contributed by atoms with van der Waals surface area (Å²) in [5, 5.41) is 2.98. The van der Waals surface area contributed by atoms with Crippen LogP contribution in [0.1, 0.15) is 33.9 Å². The summed E-state index contributed by atoms with van der Waals surface area (Å²) in [4.78, 5) is 20.0. The van der Waals surface area contributed by atoms with Crippen LogP contribution < -0.4 is 10.1 Å². The molecule has 0 saturated heterocycles. The van der Waals surface area contributed by atoms with Crippen molar-refractivity contribution in [2.75, 3.05) is 13.7 Å². The molecule has 0 fully saturated rings. The van der Waals surface area contributed by atoms with E-state index in [2.05, 4.69) is 27.4 Å². The van der Waals surface area contributed by atoms with Gasteiger partial charge in [0.2, 0.25) is 0 Å². The Morgan fingerprint density at radius 1 is 1.07 bits per heavy atom. The van der Waals surface area contributed by atoms with Crippen LogP contribution >= 0.6 is 0 Å². The number of nitrogens with zero attached hydrogens (tertiary/aromatic N) is 1. The van der Waals surface area contributed by atoms with Gasteiger partial charge in [0, 0.05) is 23.4 Å². The molecule has 0 unspecified atom stereocenters. The lowest BCUT2D eigenvalue weighted by atomic mass is 10.1. The number of carbonyl (C=O) groups is 1. The Bertz CT molecular complexity index is 896. The summed E-state index contributed by atoms with van der Waals surface area (Å²) in [5.74, 6) is 1.70. The van der Waals surface area contributed by atoms with Crippen molar-refractivity contribution in [1.82, 2.24) is 15.3 Å². The van der Waals surface area contributed by atoms with E-state index >= 15 is 0 Å². The molecule has 0 aliphatic rings. The molecule has 27 heavy (non-hydrogen) atoms. The second-order valence-electron chi connectivity index (χ2n) is 6.58. The van der Waals surface area contributed by atoms with E-state index in [1.165, 1.54) is 5.56 Å². The minimum absolute atomic E-state index is 0.0498. The number of H-pyrrole nitrogens is 1. The first-order chi connectivity index (χ1) is 13.1. The summed E-state index contributed by atoms with van der Waals surface area (Å²) >= 11 is 0. The van der Waals surface area contributed by atoms with Gasteiger partial charge in [-0.05, 0) is 56.5 Å². The molecule has 0 atom stereocenters. The third-order valence-electron chi connectivity index (χ3n) is 4.51. The summed E-state index contributed by atoms with van der Waals surface area (Å²) in [6.07, 6.45) is 1.81. The van der Waals surface area contributed by atoms with Crippen LogP contribution in [0.25, 0.3) is 11.3 Å². The van der Waals surface area contributed by atoms with Crippen LogP contribution in [-0.4, -0.2) is 29.5 Å². The lowest BCUT2D eigenvalue weighted by molar-refractivity contribution is 0.0953. The maximum atomic E-state index is 12.3. The second kappa shape index (κ2) is 8.54. The van der Waals surface area contributed by atoms with Gasteiger partial charge < -0.3 is 15.0 Å². The summed E-state index contributed by atoms with van der Waals surface area (Å²) in [6.45, 7) is 4.58. The van der Waals surface area contributed by atoms with Gasteiger partial charge in [-0.1, -0.05) is 24.3 Å². The molecule has 140 valence electrons. The number of benzene rings is 2. The van der Waals surface area contributed by atoms with Gasteiger partial charge in [-0.15, -0.1) is 0 Å². The molecule has 5 nitrogen and oxygen atoms in total. The molecule has 0 radical (unpaired) electrons. The topological polar surface area (TPSA) is 67.0 Å². The van der Waals surface area contributed by atoms with Crippen molar-refractivity contribution >= 4 is 5.91 Å². The summed E-state index contributed by atoms with van der Waals surface area (Å²) in [7, 11) is 1.66. The van der Waals surface area contributed by atoms with E-state index in [0.29, 0.717) is 12.1 Å². The Hall–Kier alpha value is -3.08. The number of hydrogen-bond acceptors (Lipinski definition) is 3. The highest BCUT2D eigenvalue weighted by atomic mass is 16.5. The van der Waals surface area contributed by atoms with Gasteiger partial charge in [-0.3, -0.25) is 4.79 Å². The average Bonchev–Trinajstić information content (AvgIpc) is 3.03. The molecule has 1 aromatic heterocycles. The van der Waals surface area contributed by atoms with Gasteiger partial charge >= 0.3 is 0 Å². The molecule has 0 saturated carbocycles. The maximum absolute atomic E-state index is 12.3. The smallest absolute Gasteiger partial charge is 0.251 e. The van der Waals surface area contributed by atoms with Crippen molar-refractivity contribution in [3.63, 3.8) is 0 Å². The third kappa shape index (κ3) is 4.76. The molecular formula is C22H25N3O2. The molecule has 5 heteroatoms. The quantitative estimate of drug-likeness (QED) is 0.622. The van der Waals surface area contributed by atoms with Crippen LogP contribution in [0.15, 0.2) is 48.5 Å². The first-order valence-electron chi connectivity index (χ1n) is 9.11. The zero-order chi connectivity index (χ0) is 19.2. The van der Waals surface area contributed by atoms with Crippen molar-refractivity contribution in [2.24, 2.45) is 0 Å². The molecular weight excluding hydrogens is 338 g/mol. The number of amides is 1. The van der Waals surface area contributed by atoms with E-state index in [9.17, 15) is 4.79 Å². The van der Waals surface area contributed by atoms with E-state index in [1.807, 2.05) is 50.2 Å².